The molecule has 1 aromatic heterocycles. The van der Waals surface area contributed by atoms with Crippen molar-refractivity contribution in [2.45, 2.75) is 6.04 Å². The number of aromatic nitrogens is 2. The second kappa shape index (κ2) is 4.84. The topological polar surface area (TPSA) is 41.6 Å². The summed E-state index contributed by atoms with van der Waals surface area (Å²) in [5.74, 6) is 0. The van der Waals surface area contributed by atoms with E-state index >= 15 is 0 Å². The van der Waals surface area contributed by atoms with Gasteiger partial charge in [0.25, 0.3) is 0 Å². The Hall–Kier alpha value is -0.480. The minimum Gasteiger partial charge on any atom is -0.249 e. The lowest BCUT2D eigenvalue weighted by molar-refractivity contribution is 0.268. The van der Waals surface area contributed by atoms with Crippen LogP contribution in [0.3, 0.4) is 0 Å². The highest BCUT2D eigenvalue weighted by atomic mass is 79.9. The van der Waals surface area contributed by atoms with Crippen molar-refractivity contribution in [3.63, 3.8) is 0 Å². The zero-order valence-electron chi connectivity index (χ0n) is 6.85. The van der Waals surface area contributed by atoms with Gasteiger partial charge in [-0.3, -0.25) is 0 Å². The molecule has 0 fully saturated rings. The molecule has 1 heterocycles. The third-order valence-electron chi connectivity index (χ3n) is 1.62. The molecule has 0 saturated heterocycles. The van der Waals surface area contributed by atoms with Crippen molar-refractivity contribution >= 4 is 31.9 Å². The maximum Gasteiger partial charge on any atom is 0.147 e. The molecule has 76 valence electrons. The number of alkyl halides is 2. The summed E-state index contributed by atoms with van der Waals surface area (Å²) in [7, 11) is 0. The molecule has 0 N–H and O–H groups in total. The molecule has 0 atom stereocenters. The predicted octanol–water partition coefficient (Wildman–Crippen LogP) is 2.76. The smallest absolute Gasteiger partial charge is 0.147 e. The Labute approximate surface area is 96.0 Å². The van der Waals surface area contributed by atoms with Gasteiger partial charge in [0.2, 0.25) is 0 Å². The van der Waals surface area contributed by atoms with Gasteiger partial charge in [0.1, 0.15) is 40.2 Å². The first kappa shape index (κ1) is 11.6. The van der Waals surface area contributed by atoms with Crippen LogP contribution in [0.4, 0.5) is 8.78 Å². The van der Waals surface area contributed by atoms with Crippen LogP contribution in [0.5, 0.6) is 0 Å². The van der Waals surface area contributed by atoms with E-state index in [1.807, 2.05) is 6.07 Å². The lowest BCUT2D eigenvalue weighted by Crippen LogP contribution is -2.15. The standard InChI is InChI=1S/C7H5Br2F2N3/c8-6-5(3-12)7(9)14(13-6)4(1-10)2-11/h4H,1-2H2. The van der Waals surface area contributed by atoms with Gasteiger partial charge in [0.05, 0.1) is 0 Å². The van der Waals surface area contributed by atoms with Crippen LogP contribution in [0.25, 0.3) is 0 Å². The minimum atomic E-state index is -0.984. The number of nitriles is 1. The molecule has 0 bridgehead atoms. The highest BCUT2D eigenvalue weighted by Gasteiger charge is 2.20. The van der Waals surface area contributed by atoms with Crippen molar-refractivity contribution in [3.05, 3.63) is 14.8 Å². The van der Waals surface area contributed by atoms with Crippen LogP contribution < -0.4 is 0 Å². The molecule has 7 heteroatoms. The molecule has 14 heavy (non-hydrogen) atoms. The highest BCUT2D eigenvalue weighted by molar-refractivity contribution is 9.11. The van der Waals surface area contributed by atoms with Crippen molar-refractivity contribution in [1.29, 1.82) is 5.26 Å². The summed E-state index contributed by atoms with van der Waals surface area (Å²) in [4.78, 5) is 0. The second-order valence-corrected chi connectivity index (χ2v) is 3.98. The van der Waals surface area contributed by atoms with Crippen molar-refractivity contribution in [3.8, 4) is 6.07 Å². The van der Waals surface area contributed by atoms with Gasteiger partial charge in [-0.15, -0.1) is 0 Å². The van der Waals surface area contributed by atoms with Gasteiger partial charge in [-0.1, -0.05) is 0 Å². The molecule has 0 aliphatic heterocycles. The lowest BCUT2D eigenvalue weighted by Gasteiger charge is -2.09. The van der Waals surface area contributed by atoms with Crippen LogP contribution in [-0.4, -0.2) is 23.1 Å². The molecule has 1 aromatic rings. The van der Waals surface area contributed by atoms with E-state index in [2.05, 4.69) is 37.0 Å². The van der Waals surface area contributed by atoms with E-state index in [0.717, 1.165) is 4.68 Å². The Morgan fingerprint density at radius 2 is 2.00 bits per heavy atom. The van der Waals surface area contributed by atoms with E-state index in [1.54, 1.807) is 0 Å². The predicted molar refractivity (Wildman–Crippen MR) is 53.3 cm³/mol. The summed E-state index contributed by atoms with van der Waals surface area (Å²) < 4.78 is 26.4. The molecule has 0 unspecified atom stereocenters. The molecule has 0 aromatic carbocycles. The summed E-state index contributed by atoms with van der Waals surface area (Å²) in [6.07, 6.45) is 0. The Balaban J connectivity index is 3.17. The molecule has 0 amide bonds. The number of hydrogen-bond donors (Lipinski definition) is 0. The van der Waals surface area contributed by atoms with E-state index < -0.39 is 19.4 Å². The van der Waals surface area contributed by atoms with Gasteiger partial charge in [0.15, 0.2) is 0 Å². The van der Waals surface area contributed by atoms with E-state index in [1.165, 1.54) is 0 Å². The maximum atomic E-state index is 12.3. The van der Waals surface area contributed by atoms with Gasteiger partial charge in [-0.2, -0.15) is 10.4 Å². The van der Waals surface area contributed by atoms with Crippen molar-refractivity contribution in [2.24, 2.45) is 0 Å². The summed E-state index contributed by atoms with van der Waals surface area (Å²) in [6.45, 7) is -1.73. The SMILES string of the molecule is N#Cc1c(Br)nn(C(CF)CF)c1Br. The Morgan fingerprint density at radius 3 is 2.36 bits per heavy atom. The summed E-state index contributed by atoms with van der Waals surface area (Å²) in [6, 6.07) is 0.881. The van der Waals surface area contributed by atoms with E-state index in [9.17, 15) is 8.78 Å². The molecular formula is C7H5Br2F2N3. The molecule has 1 rings (SSSR count). The van der Waals surface area contributed by atoms with Gasteiger partial charge in [-0.05, 0) is 31.9 Å². The lowest BCUT2D eigenvalue weighted by atomic mass is 10.3. The van der Waals surface area contributed by atoms with Gasteiger partial charge < -0.3 is 0 Å². The van der Waals surface area contributed by atoms with Crippen molar-refractivity contribution in [1.82, 2.24) is 9.78 Å². The first-order valence-electron chi connectivity index (χ1n) is 3.61. The van der Waals surface area contributed by atoms with Crippen LogP contribution in [-0.2, 0) is 0 Å². The second-order valence-electron chi connectivity index (χ2n) is 2.48. The fraction of sp³-hybridized carbons (Fsp3) is 0.429. The molecule has 0 saturated carbocycles. The Bertz CT molecular complexity index is 368. The maximum absolute atomic E-state index is 12.3. The fourth-order valence-corrected chi connectivity index (χ4v) is 2.25. The largest absolute Gasteiger partial charge is 0.249 e. The monoisotopic (exact) mass is 327 g/mol. The quantitative estimate of drug-likeness (QED) is 0.856. The summed E-state index contributed by atoms with van der Waals surface area (Å²) in [5.41, 5.74) is 0.233. The average molecular weight is 329 g/mol. The first-order chi connectivity index (χ1) is 6.65. The van der Waals surface area contributed by atoms with Gasteiger partial charge >= 0.3 is 0 Å². The molecule has 0 aliphatic carbocycles. The van der Waals surface area contributed by atoms with Crippen LogP contribution in [0.15, 0.2) is 9.21 Å². The molecule has 3 nitrogen and oxygen atoms in total. The minimum absolute atomic E-state index is 0.233. The van der Waals surface area contributed by atoms with Crippen LogP contribution in [0.2, 0.25) is 0 Å². The number of hydrogen-bond acceptors (Lipinski definition) is 2. The number of rotatable bonds is 3. The molecule has 0 radical (unpaired) electrons. The van der Waals surface area contributed by atoms with Gasteiger partial charge in [0, 0.05) is 0 Å². The van der Waals surface area contributed by atoms with E-state index in [0.29, 0.717) is 0 Å². The molecule has 0 aliphatic rings. The highest BCUT2D eigenvalue weighted by Crippen LogP contribution is 2.27. The number of nitrogens with zero attached hydrogens (tertiary/aromatic N) is 3. The number of halogens is 4. The van der Waals surface area contributed by atoms with Crippen LogP contribution >= 0.6 is 31.9 Å². The van der Waals surface area contributed by atoms with E-state index in [4.69, 9.17) is 5.26 Å². The fourth-order valence-electron chi connectivity index (χ4n) is 0.894. The normalized spacial score (nSPS) is 10.6. The van der Waals surface area contributed by atoms with Crippen LogP contribution in [0.1, 0.15) is 11.6 Å². The average Bonchev–Trinajstić information content (AvgIpc) is 2.45. The van der Waals surface area contributed by atoms with Gasteiger partial charge in [-0.25, -0.2) is 13.5 Å². The van der Waals surface area contributed by atoms with Crippen molar-refractivity contribution < 1.29 is 8.78 Å². The molecular weight excluding hydrogens is 324 g/mol. The zero-order valence-corrected chi connectivity index (χ0v) is 10.0. The Kier molecular flexibility index (Phi) is 4.01. The van der Waals surface area contributed by atoms with E-state index in [-0.39, 0.29) is 14.8 Å². The third-order valence-corrected chi connectivity index (χ3v) is 2.94. The first-order valence-corrected chi connectivity index (χ1v) is 5.19. The van der Waals surface area contributed by atoms with Crippen molar-refractivity contribution in [2.75, 3.05) is 13.3 Å². The molecule has 0 spiro atoms. The Morgan fingerprint density at radius 1 is 1.43 bits per heavy atom. The summed E-state index contributed by atoms with van der Waals surface area (Å²) in [5, 5.41) is 12.5. The summed E-state index contributed by atoms with van der Waals surface area (Å²) >= 11 is 6.08. The zero-order chi connectivity index (χ0) is 10.7. The third kappa shape index (κ3) is 1.96. The van der Waals surface area contributed by atoms with Crippen LogP contribution in [0, 0.1) is 11.3 Å².